The summed E-state index contributed by atoms with van der Waals surface area (Å²) < 4.78 is 16.6. The number of hydrogen-bond acceptors (Lipinski definition) is 4. The summed E-state index contributed by atoms with van der Waals surface area (Å²) in [5.41, 5.74) is 3.69. The van der Waals surface area contributed by atoms with Crippen LogP contribution in [0.5, 0.6) is 17.2 Å². The Morgan fingerprint density at radius 1 is 0.960 bits per heavy atom. The van der Waals surface area contributed by atoms with Crippen LogP contribution >= 0.6 is 0 Å². The molecule has 1 heterocycles. The molecule has 1 saturated heterocycles. The summed E-state index contributed by atoms with van der Waals surface area (Å²) in [5.74, 6) is 2.75. The lowest BCUT2D eigenvalue weighted by molar-refractivity contribution is 0.238. The van der Waals surface area contributed by atoms with Crippen molar-refractivity contribution in [3.63, 3.8) is 0 Å². The lowest BCUT2D eigenvalue weighted by Crippen LogP contribution is -2.23. The Hall–Kier alpha value is -2.20. The molecule has 0 aromatic heterocycles. The number of rotatable bonds is 6. The van der Waals surface area contributed by atoms with E-state index >= 15 is 0 Å². The van der Waals surface area contributed by atoms with E-state index in [2.05, 4.69) is 36.1 Å². The van der Waals surface area contributed by atoms with Gasteiger partial charge in [-0.2, -0.15) is 0 Å². The second kappa shape index (κ2) is 7.79. The Balaban J connectivity index is 1.90. The van der Waals surface area contributed by atoms with E-state index < -0.39 is 0 Å². The highest BCUT2D eigenvalue weighted by atomic mass is 16.5. The lowest BCUT2D eigenvalue weighted by Gasteiger charge is -2.27. The SMILES string of the molecule is COc1ccc(OC)c(C2CCCN2Cc2cc(C)ccc2OC)c1. The standard InChI is InChI=1S/C21H27NO3/c1-15-7-9-20(24-3)16(12-15)14-22-11-5-6-19(22)18-13-17(23-2)8-10-21(18)25-4/h7-10,12-13,19H,5-6,11,14H2,1-4H3. The van der Waals surface area contributed by atoms with Gasteiger partial charge in [0.2, 0.25) is 0 Å². The average molecular weight is 341 g/mol. The van der Waals surface area contributed by atoms with Crippen LogP contribution < -0.4 is 14.2 Å². The predicted molar refractivity (Wildman–Crippen MR) is 99.7 cm³/mol. The third-order valence-corrected chi connectivity index (χ3v) is 4.97. The molecule has 2 aromatic rings. The average Bonchev–Trinajstić information content (AvgIpc) is 3.09. The molecule has 1 atom stereocenters. The Labute approximate surface area is 150 Å². The van der Waals surface area contributed by atoms with E-state index in [0.717, 1.165) is 36.8 Å². The molecule has 1 aliphatic heterocycles. The number of nitrogens with zero attached hydrogens (tertiary/aromatic N) is 1. The molecule has 4 heteroatoms. The molecule has 0 amide bonds. The summed E-state index contributed by atoms with van der Waals surface area (Å²) in [5, 5.41) is 0. The summed E-state index contributed by atoms with van der Waals surface area (Å²) in [6, 6.07) is 12.8. The van der Waals surface area contributed by atoms with Crippen LogP contribution in [-0.4, -0.2) is 32.8 Å². The maximum absolute atomic E-state index is 5.61. The van der Waals surface area contributed by atoms with Gasteiger partial charge in [0.25, 0.3) is 0 Å². The minimum atomic E-state index is 0.329. The van der Waals surface area contributed by atoms with Crippen molar-refractivity contribution in [3.05, 3.63) is 53.1 Å². The molecular weight excluding hydrogens is 314 g/mol. The Morgan fingerprint density at radius 2 is 1.72 bits per heavy atom. The monoisotopic (exact) mass is 341 g/mol. The highest BCUT2D eigenvalue weighted by molar-refractivity contribution is 5.43. The molecule has 1 fully saturated rings. The van der Waals surface area contributed by atoms with E-state index in [1.54, 1.807) is 21.3 Å². The minimum Gasteiger partial charge on any atom is -0.497 e. The van der Waals surface area contributed by atoms with Crippen molar-refractivity contribution in [2.45, 2.75) is 32.4 Å². The first-order valence-corrected chi connectivity index (χ1v) is 8.75. The smallest absolute Gasteiger partial charge is 0.123 e. The van der Waals surface area contributed by atoms with Gasteiger partial charge in [0, 0.05) is 23.7 Å². The van der Waals surface area contributed by atoms with Crippen molar-refractivity contribution >= 4 is 0 Å². The summed E-state index contributed by atoms with van der Waals surface area (Å²) in [7, 11) is 5.17. The lowest BCUT2D eigenvalue weighted by atomic mass is 10.0. The van der Waals surface area contributed by atoms with Crippen molar-refractivity contribution in [2.24, 2.45) is 0 Å². The van der Waals surface area contributed by atoms with Crippen LogP contribution in [0.15, 0.2) is 36.4 Å². The molecule has 0 saturated carbocycles. The quantitative estimate of drug-likeness (QED) is 0.781. The Bertz CT molecular complexity index is 729. The van der Waals surface area contributed by atoms with Crippen molar-refractivity contribution in [3.8, 4) is 17.2 Å². The van der Waals surface area contributed by atoms with Gasteiger partial charge in [0.1, 0.15) is 17.2 Å². The first-order valence-electron chi connectivity index (χ1n) is 8.75. The second-order valence-corrected chi connectivity index (χ2v) is 6.55. The van der Waals surface area contributed by atoms with E-state index in [-0.39, 0.29) is 0 Å². The van der Waals surface area contributed by atoms with Gasteiger partial charge < -0.3 is 14.2 Å². The number of ether oxygens (including phenoxy) is 3. The molecule has 0 bridgehead atoms. The molecule has 3 rings (SSSR count). The van der Waals surface area contributed by atoms with Gasteiger partial charge in [-0.25, -0.2) is 0 Å². The van der Waals surface area contributed by atoms with E-state index in [9.17, 15) is 0 Å². The molecule has 1 unspecified atom stereocenters. The predicted octanol–water partition coefficient (Wildman–Crippen LogP) is 4.36. The van der Waals surface area contributed by atoms with Gasteiger partial charge >= 0.3 is 0 Å². The zero-order valence-corrected chi connectivity index (χ0v) is 15.5. The number of methoxy groups -OCH3 is 3. The van der Waals surface area contributed by atoms with Crippen LogP contribution in [0, 0.1) is 6.92 Å². The van der Waals surface area contributed by atoms with Crippen LogP contribution in [-0.2, 0) is 6.54 Å². The van der Waals surface area contributed by atoms with Gasteiger partial charge in [0.05, 0.1) is 21.3 Å². The van der Waals surface area contributed by atoms with Crippen molar-refractivity contribution in [1.29, 1.82) is 0 Å². The van der Waals surface area contributed by atoms with Gasteiger partial charge in [0.15, 0.2) is 0 Å². The summed E-state index contributed by atoms with van der Waals surface area (Å²) in [4.78, 5) is 2.51. The normalized spacial score (nSPS) is 17.5. The van der Waals surface area contributed by atoms with Gasteiger partial charge in [-0.05, 0) is 50.6 Å². The zero-order chi connectivity index (χ0) is 17.8. The van der Waals surface area contributed by atoms with Crippen LogP contribution in [0.4, 0.5) is 0 Å². The third-order valence-electron chi connectivity index (χ3n) is 4.97. The molecule has 4 nitrogen and oxygen atoms in total. The number of benzene rings is 2. The molecule has 2 aromatic carbocycles. The van der Waals surface area contributed by atoms with Crippen molar-refractivity contribution in [1.82, 2.24) is 4.90 Å². The summed E-state index contributed by atoms with van der Waals surface area (Å²) in [6.07, 6.45) is 2.30. The largest absolute Gasteiger partial charge is 0.497 e. The topological polar surface area (TPSA) is 30.9 Å². The van der Waals surface area contributed by atoms with Crippen LogP contribution in [0.1, 0.15) is 35.6 Å². The van der Waals surface area contributed by atoms with E-state index in [0.29, 0.717) is 6.04 Å². The maximum Gasteiger partial charge on any atom is 0.123 e. The van der Waals surface area contributed by atoms with E-state index in [4.69, 9.17) is 14.2 Å². The summed E-state index contributed by atoms with van der Waals surface area (Å²) in [6.45, 7) is 4.06. The first kappa shape index (κ1) is 17.6. The molecule has 0 radical (unpaired) electrons. The van der Waals surface area contributed by atoms with Crippen molar-refractivity contribution < 1.29 is 14.2 Å². The maximum atomic E-state index is 5.61. The van der Waals surface area contributed by atoms with Gasteiger partial charge in [-0.3, -0.25) is 4.90 Å². The molecule has 25 heavy (non-hydrogen) atoms. The first-order chi connectivity index (χ1) is 12.2. The number of likely N-dealkylation sites (tertiary alicyclic amines) is 1. The zero-order valence-electron chi connectivity index (χ0n) is 15.5. The highest BCUT2D eigenvalue weighted by Crippen LogP contribution is 2.40. The van der Waals surface area contributed by atoms with Gasteiger partial charge in [-0.15, -0.1) is 0 Å². The molecular formula is C21H27NO3. The minimum absolute atomic E-state index is 0.329. The van der Waals surface area contributed by atoms with Crippen LogP contribution in [0.3, 0.4) is 0 Å². The summed E-state index contributed by atoms with van der Waals surface area (Å²) >= 11 is 0. The second-order valence-electron chi connectivity index (χ2n) is 6.55. The number of hydrogen-bond donors (Lipinski definition) is 0. The van der Waals surface area contributed by atoms with Crippen LogP contribution in [0.2, 0.25) is 0 Å². The molecule has 134 valence electrons. The fourth-order valence-electron chi connectivity index (χ4n) is 3.72. The molecule has 1 aliphatic rings. The highest BCUT2D eigenvalue weighted by Gasteiger charge is 2.29. The molecule has 0 spiro atoms. The third kappa shape index (κ3) is 3.74. The fraction of sp³-hybridized carbons (Fsp3) is 0.429. The molecule has 0 aliphatic carbocycles. The van der Waals surface area contributed by atoms with Gasteiger partial charge in [-0.1, -0.05) is 17.7 Å². The Kier molecular flexibility index (Phi) is 5.49. The Morgan fingerprint density at radius 3 is 2.44 bits per heavy atom. The van der Waals surface area contributed by atoms with Crippen LogP contribution in [0.25, 0.3) is 0 Å². The fourth-order valence-corrected chi connectivity index (χ4v) is 3.72. The van der Waals surface area contributed by atoms with Crippen molar-refractivity contribution in [2.75, 3.05) is 27.9 Å². The molecule has 0 N–H and O–H groups in total. The van der Waals surface area contributed by atoms with E-state index in [1.165, 1.54) is 23.1 Å². The van der Waals surface area contributed by atoms with E-state index in [1.807, 2.05) is 12.1 Å². The number of aryl methyl sites for hydroxylation is 1.